The molecule has 0 aromatic carbocycles. The van der Waals surface area contributed by atoms with E-state index < -0.39 is 0 Å². The Kier molecular flexibility index (Phi) is 3.65. The highest BCUT2D eigenvalue weighted by atomic mass is 35.5. The summed E-state index contributed by atoms with van der Waals surface area (Å²) in [6, 6.07) is 0. The number of imidazole rings is 1. The van der Waals surface area contributed by atoms with Crippen LogP contribution in [0.1, 0.15) is 18.5 Å². The first-order valence-electron chi connectivity index (χ1n) is 5.53. The number of hydrogen-bond acceptors (Lipinski definition) is 2. The van der Waals surface area contributed by atoms with Gasteiger partial charge in [0.2, 0.25) is 0 Å². The van der Waals surface area contributed by atoms with Crippen LogP contribution in [0.3, 0.4) is 0 Å². The van der Waals surface area contributed by atoms with Crippen LogP contribution >= 0.6 is 11.6 Å². The van der Waals surface area contributed by atoms with Gasteiger partial charge in [-0.05, 0) is 32.4 Å². The molecule has 0 radical (unpaired) electrons. The predicted molar refractivity (Wildman–Crippen MR) is 62.0 cm³/mol. The lowest BCUT2D eigenvalue weighted by molar-refractivity contribution is 0.194. The second-order valence-electron chi connectivity index (χ2n) is 4.44. The highest BCUT2D eigenvalue weighted by Crippen LogP contribution is 2.18. The molecule has 1 fully saturated rings. The van der Waals surface area contributed by atoms with Crippen LogP contribution in [0.25, 0.3) is 0 Å². The van der Waals surface area contributed by atoms with Gasteiger partial charge in [0.25, 0.3) is 0 Å². The van der Waals surface area contributed by atoms with Crippen molar-refractivity contribution in [2.45, 2.75) is 25.3 Å². The number of rotatable bonds is 3. The van der Waals surface area contributed by atoms with Crippen molar-refractivity contribution < 1.29 is 0 Å². The number of hydrogen-bond donors (Lipinski definition) is 0. The van der Waals surface area contributed by atoms with E-state index in [-0.39, 0.29) is 0 Å². The summed E-state index contributed by atoms with van der Waals surface area (Å²) in [5, 5.41) is 0. The van der Waals surface area contributed by atoms with E-state index in [0.717, 1.165) is 18.2 Å². The summed E-state index contributed by atoms with van der Waals surface area (Å²) < 4.78 is 2.19. The van der Waals surface area contributed by atoms with E-state index in [2.05, 4.69) is 21.5 Å². The van der Waals surface area contributed by atoms with Gasteiger partial charge in [-0.2, -0.15) is 0 Å². The fraction of sp³-hybridized carbons (Fsp3) is 0.727. The minimum Gasteiger partial charge on any atom is -0.333 e. The van der Waals surface area contributed by atoms with Gasteiger partial charge in [0.1, 0.15) is 0 Å². The lowest BCUT2D eigenvalue weighted by Crippen LogP contribution is -2.34. The third-order valence-corrected chi connectivity index (χ3v) is 3.39. The van der Waals surface area contributed by atoms with E-state index in [9.17, 15) is 0 Å². The standard InChI is InChI=1S/C11H18ClN3/c1-14-4-2-3-10(7-14)8-15-9-13-6-11(15)5-12/h6,9-10H,2-5,7-8H2,1H3. The summed E-state index contributed by atoms with van der Waals surface area (Å²) in [5.74, 6) is 1.31. The number of likely N-dealkylation sites (tertiary alicyclic amines) is 1. The SMILES string of the molecule is CN1CCCC(Cn2cncc2CCl)C1. The highest BCUT2D eigenvalue weighted by molar-refractivity contribution is 6.16. The number of nitrogens with zero attached hydrogens (tertiary/aromatic N) is 3. The monoisotopic (exact) mass is 227 g/mol. The predicted octanol–water partition coefficient (Wildman–Crippen LogP) is 1.96. The molecule has 15 heavy (non-hydrogen) atoms. The molecule has 1 aromatic heterocycles. The van der Waals surface area contributed by atoms with E-state index in [0.29, 0.717) is 5.88 Å². The van der Waals surface area contributed by atoms with Gasteiger partial charge in [0, 0.05) is 19.3 Å². The molecular formula is C11H18ClN3. The number of piperidine rings is 1. The zero-order chi connectivity index (χ0) is 10.7. The molecule has 0 N–H and O–H groups in total. The summed E-state index contributed by atoms with van der Waals surface area (Å²) in [4.78, 5) is 6.55. The van der Waals surface area contributed by atoms with Gasteiger partial charge in [-0.1, -0.05) is 0 Å². The average molecular weight is 228 g/mol. The van der Waals surface area contributed by atoms with Crippen LogP contribution in [0.5, 0.6) is 0 Å². The maximum absolute atomic E-state index is 5.85. The molecule has 0 saturated carbocycles. The van der Waals surface area contributed by atoms with Crippen molar-refractivity contribution in [2.24, 2.45) is 5.92 Å². The molecular weight excluding hydrogens is 210 g/mol. The van der Waals surface area contributed by atoms with Gasteiger partial charge in [0.05, 0.1) is 17.9 Å². The summed E-state index contributed by atoms with van der Waals surface area (Å²) in [6.45, 7) is 3.50. The first-order chi connectivity index (χ1) is 7.29. The molecule has 0 aliphatic carbocycles. The topological polar surface area (TPSA) is 21.1 Å². The Morgan fingerprint density at radius 1 is 1.60 bits per heavy atom. The maximum Gasteiger partial charge on any atom is 0.0948 e. The van der Waals surface area contributed by atoms with Crippen LogP contribution in [0.2, 0.25) is 0 Å². The number of aromatic nitrogens is 2. The van der Waals surface area contributed by atoms with Gasteiger partial charge in [0.15, 0.2) is 0 Å². The van der Waals surface area contributed by atoms with Crippen molar-refractivity contribution in [2.75, 3.05) is 20.1 Å². The second-order valence-corrected chi connectivity index (χ2v) is 4.71. The molecule has 1 saturated heterocycles. The zero-order valence-corrected chi connectivity index (χ0v) is 9.95. The molecule has 1 aliphatic heterocycles. The van der Waals surface area contributed by atoms with Crippen LogP contribution in [0, 0.1) is 5.92 Å². The van der Waals surface area contributed by atoms with Crippen molar-refractivity contribution in [1.82, 2.24) is 14.5 Å². The fourth-order valence-electron chi connectivity index (χ4n) is 2.32. The van der Waals surface area contributed by atoms with Gasteiger partial charge < -0.3 is 9.47 Å². The molecule has 4 heteroatoms. The molecule has 1 aliphatic rings. The third kappa shape index (κ3) is 2.73. The first-order valence-corrected chi connectivity index (χ1v) is 6.06. The van der Waals surface area contributed by atoms with E-state index in [1.807, 2.05) is 12.5 Å². The maximum atomic E-state index is 5.85. The molecule has 0 amide bonds. The lowest BCUT2D eigenvalue weighted by atomic mass is 9.98. The van der Waals surface area contributed by atoms with Crippen molar-refractivity contribution in [1.29, 1.82) is 0 Å². The lowest BCUT2D eigenvalue weighted by Gasteiger charge is -2.30. The molecule has 1 aromatic rings. The Morgan fingerprint density at radius 3 is 3.20 bits per heavy atom. The van der Waals surface area contributed by atoms with Crippen LogP contribution in [0.4, 0.5) is 0 Å². The van der Waals surface area contributed by atoms with Gasteiger partial charge >= 0.3 is 0 Å². The normalized spacial score (nSPS) is 23.2. The molecule has 2 rings (SSSR count). The van der Waals surface area contributed by atoms with Gasteiger partial charge in [-0.15, -0.1) is 11.6 Å². The van der Waals surface area contributed by atoms with Crippen LogP contribution in [-0.4, -0.2) is 34.6 Å². The van der Waals surface area contributed by atoms with Crippen LogP contribution in [0.15, 0.2) is 12.5 Å². The Hall–Kier alpha value is -0.540. The van der Waals surface area contributed by atoms with Crippen LogP contribution in [-0.2, 0) is 12.4 Å². The molecule has 1 unspecified atom stereocenters. The van der Waals surface area contributed by atoms with Gasteiger partial charge in [-0.25, -0.2) is 4.98 Å². The average Bonchev–Trinajstić information content (AvgIpc) is 2.65. The summed E-state index contributed by atoms with van der Waals surface area (Å²) in [5.41, 5.74) is 1.13. The fourth-order valence-corrected chi connectivity index (χ4v) is 2.55. The van der Waals surface area contributed by atoms with Crippen molar-refractivity contribution in [3.63, 3.8) is 0 Å². The second kappa shape index (κ2) is 4.99. The minimum atomic E-state index is 0.558. The highest BCUT2D eigenvalue weighted by Gasteiger charge is 2.18. The van der Waals surface area contributed by atoms with Gasteiger partial charge in [-0.3, -0.25) is 0 Å². The molecule has 2 heterocycles. The Morgan fingerprint density at radius 2 is 2.47 bits per heavy atom. The Bertz CT molecular complexity index is 311. The Balaban J connectivity index is 1.96. The zero-order valence-electron chi connectivity index (χ0n) is 9.19. The van der Waals surface area contributed by atoms with E-state index in [1.165, 1.54) is 25.9 Å². The first kappa shape index (κ1) is 11.0. The molecule has 3 nitrogen and oxygen atoms in total. The van der Waals surface area contributed by atoms with Crippen molar-refractivity contribution in [3.8, 4) is 0 Å². The number of alkyl halides is 1. The van der Waals surface area contributed by atoms with Crippen molar-refractivity contribution in [3.05, 3.63) is 18.2 Å². The summed E-state index contributed by atoms with van der Waals surface area (Å²) in [7, 11) is 2.20. The molecule has 0 bridgehead atoms. The largest absolute Gasteiger partial charge is 0.333 e. The van der Waals surface area contributed by atoms with Crippen LogP contribution < -0.4 is 0 Å². The van der Waals surface area contributed by atoms with E-state index in [4.69, 9.17) is 11.6 Å². The third-order valence-electron chi connectivity index (χ3n) is 3.11. The molecule has 1 atom stereocenters. The smallest absolute Gasteiger partial charge is 0.0948 e. The summed E-state index contributed by atoms with van der Waals surface area (Å²) in [6.07, 6.45) is 6.39. The minimum absolute atomic E-state index is 0.558. The molecule has 84 valence electrons. The Labute approximate surface area is 96.0 Å². The van der Waals surface area contributed by atoms with E-state index >= 15 is 0 Å². The quantitative estimate of drug-likeness (QED) is 0.737. The van der Waals surface area contributed by atoms with E-state index in [1.54, 1.807) is 0 Å². The number of halogens is 1. The molecule has 0 spiro atoms. The van der Waals surface area contributed by atoms with Crippen molar-refractivity contribution >= 4 is 11.6 Å². The summed E-state index contributed by atoms with van der Waals surface area (Å²) >= 11 is 5.85.